The second kappa shape index (κ2) is 4.73. The molecule has 1 aliphatic carbocycles. The number of aromatic nitrogens is 1. The Hall–Kier alpha value is -1.25. The molecular weight excluding hydrogens is 198 g/mol. The standard InChI is InChI=1S/C13H21N3/c1-3-14-12-10-11(6-9-15-12)16-13(2)7-4-5-8-13/h6,9-10H,3-5,7-8H2,1-2H3,(H2,14,15,16). The topological polar surface area (TPSA) is 37.0 Å². The number of hydrogen-bond donors (Lipinski definition) is 2. The molecule has 3 heteroatoms. The van der Waals surface area contributed by atoms with E-state index in [2.05, 4.69) is 35.5 Å². The highest BCUT2D eigenvalue weighted by Crippen LogP contribution is 2.32. The van der Waals surface area contributed by atoms with Crippen LogP contribution in [-0.4, -0.2) is 17.1 Å². The van der Waals surface area contributed by atoms with Gasteiger partial charge in [0.2, 0.25) is 0 Å². The molecule has 2 N–H and O–H groups in total. The summed E-state index contributed by atoms with van der Waals surface area (Å²) in [6.07, 6.45) is 7.08. The SMILES string of the molecule is CCNc1cc(NC2(C)CCCC2)ccn1. The number of hydrogen-bond acceptors (Lipinski definition) is 3. The summed E-state index contributed by atoms with van der Waals surface area (Å²) in [5, 5.41) is 6.87. The van der Waals surface area contributed by atoms with Crippen molar-refractivity contribution in [1.82, 2.24) is 4.98 Å². The minimum atomic E-state index is 0.283. The second-order valence-electron chi connectivity index (χ2n) is 4.85. The fourth-order valence-corrected chi connectivity index (χ4v) is 2.41. The van der Waals surface area contributed by atoms with Crippen LogP contribution in [0.15, 0.2) is 18.3 Å². The molecule has 0 spiro atoms. The number of rotatable bonds is 4. The Morgan fingerprint density at radius 1 is 1.38 bits per heavy atom. The number of nitrogens with zero attached hydrogens (tertiary/aromatic N) is 1. The second-order valence-corrected chi connectivity index (χ2v) is 4.85. The first-order chi connectivity index (χ1) is 7.72. The Kier molecular flexibility index (Phi) is 3.32. The van der Waals surface area contributed by atoms with Gasteiger partial charge in [0.05, 0.1) is 0 Å². The van der Waals surface area contributed by atoms with Crippen LogP contribution in [-0.2, 0) is 0 Å². The summed E-state index contributed by atoms with van der Waals surface area (Å²) in [6, 6.07) is 4.14. The van der Waals surface area contributed by atoms with Gasteiger partial charge >= 0.3 is 0 Å². The first-order valence-corrected chi connectivity index (χ1v) is 6.20. The van der Waals surface area contributed by atoms with Gasteiger partial charge in [-0.1, -0.05) is 12.8 Å². The number of nitrogens with one attached hydrogen (secondary N) is 2. The van der Waals surface area contributed by atoms with Crippen LogP contribution in [0, 0.1) is 0 Å². The molecule has 0 saturated heterocycles. The molecule has 1 aromatic heterocycles. The van der Waals surface area contributed by atoms with Crippen molar-refractivity contribution in [2.75, 3.05) is 17.2 Å². The van der Waals surface area contributed by atoms with Crippen molar-refractivity contribution in [3.05, 3.63) is 18.3 Å². The molecule has 0 aromatic carbocycles. The van der Waals surface area contributed by atoms with E-state index < -0.39 is 0 Å². The van der Waals surface area contributed by atoms with E-state index in [1.165, 1.54) is 31.4 Å². The van der Waals surface area contributed by atoms with E-state index in [1.807, 2.05) is 12.3 Å². The Labute approximate surface area is 97.7 Å². The molecule has 1 aromatic rings. The quantitative estimate of drug-likeness (QED) is 0.816. The van der Waals surface area contributed by atoms with Crippen LogP contribution in [0.4, 0.5) is 11.5 Å². The predicted octanol–water partition coefficient (Wildman–Crippen LogP) is 3.26. The molecule has 1 saturated carbocycles. The lowest BCUT2D eigenvalue weighted by Gasteiger charge is -2.26. The Balaban J connectivity index is 2.05. The van der Waals surface area contributed by atoms with Crippen LogP contribution in [0.5, 0.6) is 0 Å². The Morgan fingerprint density at radius 3 is 2.81 bits per heavy atom. The maximum absolute atomic E-state index is 4.28. The summed E-state index contributed by atoms with van der Waals surface area (Å²) in [5.74, 6) is 0.953. The predicted molar refractivity (Wildman–Crippen MR) is 68.9 cm³/mol. The summed E-state index contributed by atoms with van der Waals surface area (Å²) >= 11 is 0. The van der Waals surface area contributed by atoms with Gasteiger partial charge in [0.1, 0.15) is 5.82 Å². The van der Waals surface area contributed by atoms with E-state index in [9.17, 15) is 0 Å². The van der Waals surface area contributed by atoms with Crippen molar-refractivity contribution in [2.24, 2.45) is 0 Å². The summed E-state index contributed by atoms with van der Waals surface area (Å²) in [7, 11) is 0. The van der Waals surface area contributed by atoms with Gasteiger partial charge in [-0.05, 0) is 32.8 Å². The molecule has 1 fully saturated rings. The third-order valence-electron chi connectivity index (χ3n) is 3.27. The van der Waals surface area contributed by atoms with E-state index in [1.54, 1.807) is 0 Å². The minimum absolute atomic E-state index is 0.283. The number of anilines is 2. The lowest BCUT2D eigenvalue weighted by molar-refractivity contribution is 0.533. The van der Waals surface area contributed by atoms with Crippen molar-refractivity contribution >= 4 is 11.5 Å². The van der Waals surface area contributed by atoms with Crippen LogP contribution in [0.2, 0.25) is 0 Å². The Bertz CT molecular complexity index is 343. The van der Waals surface area contributed by atoms with Gasteiger partial charge in [0.15, 0.2) is 0 Å². The molecule has 0 bridgehead atoms. The van der Waals surface area contributed by atoms with Gasteiger partial charge < -0.3 is 10.6 Å². The highest BCUT2D eigenvalue weighted by molar-refractivity contribution is 5.53. The minimum Gasteiger partial charge on any atom is -0.380 e. The summed E-state index contributed by atoms with van der Waals surface area (Å²) in [5.41, 5.74) is 1.46. The van der Waals surface area contributed by atoms with Crippen molar-refractivity contribution in [3.8, 4) is 0 Å². The number of pyridine rings is 1. The zero-order valence-corrected chi connectivity index (χ0v) is 10.2. The van der Waals surface area contributed by atoms with Gasteiger partial charge in [-0.3, -0.25) is 0 Å². The molecule has 0 radical (unpaired) electrons. The summed E-state index contributed by atoms with van der Waals surface area (Å²) in [6.45, 7) is 5.31. The van der Waals surface area contributed by atoms with Crippen LogP contribution in [0.3, 0.4) is 0 Å². The Morgan fingerprint density at radius 2 is 2.12 bits per heavy atom. The highest BCUT2D eigenvalue weighted by Gasteiger charge is 2.28. The molecule has 0 aliphatic heterocycles. The van der Waals surface area contributed by atoms with Crippen LogP contribution in [0.25, 0.3) is 0 Å². The molecule has 0 amide bonds. The highest BCUT2D eigenvalue weighted by atomic mass is 15.0. The summed E-state index contributed by atoms with van der Waals surface area (Å²) < 4.78 is 0. The van der Waals surface area contributed by atoms with Gasteiger partial charge in [-0.15, -0.1) is 0 Å². The van der Waals surface area contributed by atoms with E-state index >= 15 is 0 Å². The normalized spacial score (nSPS) is 18.4. The molecule has 0 atom stereocenters. The average Bonchev–Trinajstić information content (AvgIpc) is 2.66. The van der Waals surface area contributed by atoms with Crippen LogP contribution < -0.4 is 10.6 Å². The fraction of sp³-hybridized carbons (Fsp3) is 0.615. The van der Waals surface area contributed by atoms with Crippen molar-refractivity contribution in [2.45, 2.75) is 45.1 Å². The van der Waals surface area contributed by atoms with Gasteiger partial charge in [0.25, 0.3) is 0 Å². The zero-order chi connectivity index (χ0) is 11.4. The van der Waals surface area contributed by atoms with Crippen LogP contribution >= 0.6 is 0 Å². The molecule has 1 heterocycles. The van der Waals surface area contributed by atoms with Gasteiger partial charge in [0, 0.05) is 30.0 Å². The molecule has 3 nitrogen and oxygen atoms in total. The maximum Gasteiger partial charge on any atom is 0.127 e. The molecule has 2 rings (SSSR count). The monoisotopic (exact) mass is 219 g/mol. The van der Waals surface area contributed by atoms with Gasteiger partial charge in [-0.2, -0.15) is 0 Å². The van der Waals surface area contributed by atoms with E-state index in [0.717, 1.165) is 12.4 Å². The van der Waals surface area contributed by atoms with Crippen molar-refractivity contribution in [1.29, 1.82) is 0 Å². The van der Waals surface area contributed by atoms with Crippen LogP contribution in [0.1, 0.15) is 39.5 Å². The van der Waals surface area contributed by atoms with Gasteiger partial charge in [-0.25, -0.2) is 4.98 Å². The molecule has 1 aliphatic rings. The first-order valence-electron chi connectivity index (χ1n) is 6.20. The third kappa shape index (κ3) is 2.65. The van der Waals surface area contributed by atoms with Crippen molar-refractivity contribution < 1.29 is 0 Å². The molecular formula is C13H21N3. The average molecular weight is 219 g/mol. The zero-order valence-electron chi connectivity index (χ0n) is 10.2. The first kappa shape index (κ1) is 11.2. The fourth-order valence-electron chi connectivity index (χ4n) is 2.41. The van der Waals surface area contributed by atoms with E-state index in [4.69, 9.17) is 0 Å². The third-order valence-corrected chi connectivity index (χ3v) is 3.27. The lowest BCUT2D eigenvalue weighted by atomic mass is 10.0. The largest absolute Gasteiger partial charge is 0.380 e. The van der Waals surface area contributed by atoms with E-state index in [0.29, 0.717) is 0 Å². The molecule has 16 heavy (non-hydrogen) atoms. The molecule has 88 valence electrons. The van der Waals surface area contributed by atoms with E-state index in [-0.39, 0.29) is 5.54 Å². The summed E-state index contributed by atoms with van der Waals surface area (Å²) in [4.78, 5) is 4.28. The molecule has 0 unspecified atom stereocenters. The maximum atomic E-state index is 4.28. The smallest absolute Gasteiger partial charge is 0.127 e. The van der Waals surface area contributed by atoms with Crippen molar-refractivity contribution in [3.63, 3.8) is 0 Å². The lowest BCUT2D eigenvalue weighted by Crippen LogP contribution is -2.30.